The predicted octanol–water partition coefficient (Wildman–Crippen LogP) is -1.59. The van der Waals surface area contributed by atoms with E-state index in [0.717, 1.165) is 0 Å². The fourth-order valence-electron chi connectivity index (χ4n) is 0. The number of carboxylic acids is 1. The molecule has 0 radical (unpaired) electrons. The normalized spacial score (nSPS) is 5.29. The summed E-state index contributed by atoms with van der Waals surface area (Å²) in [7, 11) is 0. The summed E-state index contributed by atoms with van der Waals surface area (Å²) >= 11 is 0. The summed E-state index contributed by atoms with van der Waals surface area (Å²) in [6.07, 6.45) is 0. The van der Waals surface area contributed by atoms with E-state index in [2.05, 4.69) is 0 Å². The van der Waals surface area contributed by atoms with Gasteiger partial charge in [0.1, 0.15) is 6.61 Å². The van der Waals surface area contributed by atoms with Gasteiger partial charge in [0, 0.05) is 26.2 Å². The van der Waals surface area contributed by atoms with Gasteiger partial charge in [-0.25, -0.2) is 4.79 Å². The zero-order valence-electron chi connectivity index (χ0n) is 3.01. The topological polar surface area (TPSA) is 57.5 Å². The Hall–Kier alpha value is 1.95. The maximum Gasteiger partial charge on any atom is 0 e. The largest absolute Gasteiger partial charge is 0 e. The van der Waals surface area contributed by atoms with Gasteiger partial charge in [-0.15, -0.1) is 0 Å². The molecule has 2 N–H and O–H groups in total. The molecule has 36 valence electrons. The van der Waals surface area contributed by atoms with Crippen LogP contribution < -0.4 is 0 Å². The van der Waals surface area contributed by atoms with Gasteiger partial charge in [0.2, 0.25) is 0 Å². The second kappa shape index (κ2) is 10.8. The van der Waals surface area contributed by atoms with Crippen molar-refractivity contribution < 1.29 is 41.2 Å². The van der Waals surface area contributed by atoms with Crippen LogP contribution in [0.4, 0.5) is 0 Å². The third-order valence-corrected chi connectivity index (χ3v) is 0.135. The van der Waals surface area contributed by atoms with Crippen molar-refractivity contribution >= 4 is 57.4 Å². The first kappa shape index (κ1) is 16.0. The van der Waals surface area contributed by atoms with Crippen molar-refractivity contribution in [3.05, 3.63) is 0 Å². The van der Waals surface area contributed by atoms with E-state index in [0.29, 0.717) is 0 Å². The number of rotatable bonds is 1. The van der Waals surface area contributed by atoms with Crippen molar-refractivity contribution in [1.29, 1.82) is 0 Å². The molecule has 0 fully saturated rings. The number of carboxylic acid groups (broad SMARTS) is 1. The van der Waals surface area contributed by atoms with Crippen molar-refractivity contribution in [2.75, 3.05) is 6.61 Å². The Labute approximate surface area is 103 Å². The van der Waals surface area contributed by atoms with Crippen LogP contribution in [0.25, 0.3) is 0 Å². The van der Waals surface area contributed by atoms with Crippen LogP contribution in [-0.4, -0.2) is 74.2 Å². The zero-order valence-corrected chi connectivity index (χ0v) is 5.47. The van der Waals surface area contributed by atoms with Gasteiger partial charge in [-0.1, -0.05) is 0 Å². The minimum Gasteiger partial charge on any atom is 0 e. The van der Waals surface area contributed by atoms with E-state index in [4.69, 9.17) is 15.0 Å². The molecule has 0 saturated carbocycles. The third-order valence-electron chi connectivity index (χ3n) is 0.135. The summed E-state index contributed by atoms with van der Waals surface area (Å²) < 4.78 is 0. The van der Waals surface area contributed by atoms with E-state index >= 15 is 0 Å². The summed E-state index contributed by atoms with van der Waals surface area (Å²) in [6.45, 7) is -0.778. The van der Waals surface area contributed by atoms with Crippen LogP contribution in [0.1, 0.15) is 0 Å². The summed E-state index contributed by atoms with van der Waals surface area (Å²) in [4.78, 5) is 9.12. The fourth-order valence-corrected chi connectivity index (χ4v) is 0. The molecule has 0 unspecified atom stereocenters. The Bertz CT molecular complexity index is 48.2. The summed E-state index contributed by atoms with van der Waals surface area (Å²) in [5.74, 6) is -1.19. The Morgan fingerprint density at radius 2 is 1.71 bits per heavy atom. The van der Waals surface area contributed by atoms with Gasteiger partial charge in [0.25, 0.3) is 0 Å². The van der Waals surface area contributed by atoms with Crippen molar-refractivity contribution in [3.8, 4) is 0 Å². The van der Waals surface area contributed by atoms with Gasteiger partial charge in [-0.05, 0) is 0 Å². The number of aliphatic carboxylic acids is 1. The molecule has 7 heavy (non-hydrogen) atoms. The molecule has 0 heterocycles. The first-order valence-corrected chi connectivity index (χ1v) is 1.10. The van der Waals surface area contributed by atoms with Crippen molar-refractivity contribution in [1.82, 2.24) is 0 Å². The van der Waals surface area contributed by atoms with E-state index in [1.165, 1.54) is 0 Å². The van der Waals surface area contributed by atoms with Crippen LogP contribution in [0.3, 0.4) is 0 Å². The molecule has 0 amide bonds. The van der Waals surface area contributed by atoms with Gasteiger partial charge in [-0.3, -0.25) is 0 Å². The Morgan fingerprint density at radius 3 is 1.71 bits per heavy atom. The molecule has 0 aliphatic heterocycles. The number of hydrogen-bond acceptors (Lipinski definition) is 2. The fraction of sp³-hybridized carbons (Fsp3) is 0.500. The minimum atomic E-state index is -1.19. The molecule has 3 nitrogen and oxygen atoms in total. The van der Waals surface area contributed by atoms with E-state index in [1.807, 2.05) is 0 Å². The molecule has 0 bridgehead atoms. The molecular formula is C2H5KO3Zr. The second-order valence-electron chi connectivity index (χ2n) is 0.552. The van der Waals surface area contributed by atoms with Crippen molar-refractivity contribution in [2.45, 2.75) is 0 Å². The van der Waals surface area contributed by atoms with Crippen LogP contribution in [0, 0.1) is 0 Å². The zero-order chi connectivity index (χ0) is 4.28. The van der Waals surface area contributed by atoms with Crippen molar-refractivity contribution in [2.24, 2.45) is 0 Å². The standard InChI is InChI=1S/C2H4O3.K.Zr.H/c3-1-2(4)5;;;/h3H,1H2,(H,4,5);;;. The molecular weight excluding hydrogens is 202 g/mol. The molecule has 0 saturated heterocycles. The first-order chi connectivity index (χ1) is 2.27. The van der Waals surface area contributed by atoms with Gasteiger partial charge in [0.15, 0.2) is 0 Å². The molecule has 0 rings (SSSR count). The van der Waals surface area contributed by atoms with E-state index in [-0.39, 0.29) is 77.6 Å². The monoisotopic (exact) mass is 206 g/mol. The minimum absolute atomic E-state index is 0. The summed E-state index contributed by atoms with van der Waals surface area (Å²) in [5, 5.41) is 15.0. The molecule has 0 aliphatic rings. The van der Waals surface area contributed by atoms with Crippen LogP contribution in [0.15, 0.2) is 0 Å². The van der Waals surface area contributed by atoms with Crippen LogP contribution in [0.5, 0.6) is 0 Å². The quantitative estimate of drug-likeness (QED) is 0.510. The number of carbonyl (C=O) groups is 1. The van der Waals surface area contributed by atoms with Crippen LogP contribution in [-0.2, 0) is 31.0 Å². The maximum atomic E-state index is 9.12. The Balaban J connectivity index is -0.0000000800. The molecule has 5 heteroatoms. The average Bonchev–Trinajstić information content (AvgIpc) is 1.38. The predicted molar refractivity (Wildman–Crippen MR) is 21.9 cm³/mol. The van der Waals surface area contributed by atoms with Gasteiger partial charge in [0.05, 0.1) is 0 Å². The van der Waals surface area contributed by atoms with Gasteiger partial charge in [-0.2, -0.15) is 0 Å². The summed E-state index contributed by atoms with van der Waals surface area (Å²) in [5.41, 5.74) is 0. The third kappa shape index (κ3) is 18.0. The Morgan fingerprint density at radius 1 is 1.57 bits per heavy atom. The molecule has 0 atom stereocenters. The van der Waals surface area contributed by atoms with Gasteiger partial charge >= 0.3 is 57.4 Å². The number of hydrogen-bond donors (Lipinski definition) is 2. The second-order valence-corrected chi connectivity index (χ2v) is 0.552. The van der Waals surface area contributed by atoms with Crippen LogP contribution in [0.2, 0.25) is 0 Å². The SMILES string of the molecule is O=C(O)CO.[KH].[Zr]. The average molecular weight is 207 g/mol. The number of aliphatic hydroxyl groups excluding tert-OH is 1. The summed E-state index contributed by atoms with van der Waals surface area (Å²) in [6, 6.07) is 0. The molecule has 0 aromatic rings. The van der Waals surface area contributed by atoms with E-state index in [9.17, 15) is 0 Å². The smallest absolute Gasteiger partial charge is 0 e. The van der Waals surface area contributed by atoms with Crippen LogP contribution >= 0.6 is 0 Å². The number of aliphatic hydroxyl groups is 1. The molecule has 0 spiro atoms. The first-order valence-electron chi connectivity index (χ1n) is 1.10. The van der Waals surface area contributed by atoms with E-state index in [1.54, 1.807) is 0 Å². The van der Waals surface area contributed by atoms with Gasteiger partial charge < -0.3 is 10.2 Å². The molecule has 0 aliphatic carbocycles. The molecule has 0 aromatic carbocycles. The van der Waals surface area contributed by atoms with Crippen molar-refractivity contribution in [3.63, 3.8) is 0 Å². The molecule has 0 aromatic heterocycles. The van der Waals surface area contributed by atoms with E-state index < -0.39 is 12.6 Å². The Kier molecular flexibility index (Phi) is 24.8. The maximum absolute atomic E-state index is 9.12.